The fourth-order valence-electron chi connectivity index (χ4n) is 1.26. The van der Waals surface area contributed by atoms with Crippen LogP contribution in [0, 0.1) is 5.82 Å². The molecular formula is C10H8ClFN2O. The van der Waals surface area contributed by atoms with E-state index in [2.05, 4.69) is 5.10 Å². The maximum Gasteiger partial charge on any atom is 0.126 e. The highest BCUT2D eigenvalue weighted by Crippen LogP contribution is 2.17. The van der Waals surface area contributed by atoms with Crippen molar-refractivity contribution in [3.8, 4) is 5.69 Å². The first kappa shape index (κ1) is 10.1. The van der Waals surface area contributed by atoms with Crippen LogP contribution in [0.15, 0.2) is 30.5 Å². The minimum atomic E-state index is -0.418. The van der Waals surface area contributed by atoms with Gasteiger partial charge in [0, 0.05) is 11.2 Å². The number of rotatable bonds is 2. The molecule has 1 aromatic heterocycles. The number of aliphatic hydroxyl groups excluding tert-OH is 1. The summed E-state index contributed by atoms with van der Waals surface area (Å²) in [5, 5.41) is 13.2. The van der Waals surface area contributed by atoms with Gasteiger partial charge in [0.05, 0.1) is 18.0 Å². The highest BCUT2D eigenvalue weighted by molar-refractivity contribution is 6.30. The fraction of sp³-hybridized carbons (Fsp3) is 0.100. The zero-order chi connectivity index (χ0) is 10.8. The van der Waals surface area contributed by atoms with Crippen LogP contribution in [0.5, 0.6) is 0 Å². The number of halogens is 2. The predicted molar refractivity (Wildman–Crippen MR) is 54.5 cm³/mol. The molecular weight excluding hydrogens is 219 g/mol. The molecule has 0 amide bonds. The van der Waals surface area contributed by atoms with Crippen LogP contribution in [-0.4, -0.2) is 14.9 Å². The average molecular weight is 227 g/mol. The van der Waals surface area contributed by atoms with Crippen molar-refractivity contribution < 1.29 is 9.50 Å². The largest absolute Gasteiger partial charge is 0.390 e. The molecule has 5 heteroatoms. The first-order valence-corrected chi connectivity index (χ1v) is 4.69. The first-order chi connectivity index (χ1) is 7.19. The Labute approximate surface area is 90.7 Å². The molecule has 0 aliphatic heterocycles. The zero-order valence-electron chi connectivity index (χ0n) is 7.69. The molecule has 1 heterocycles. The van der Waals surface area contributed by atoms with Gasteiger partial charge in [-0.1, -0.05) is 11.6 Å². The predicted octanol–water partition coefficient (Wildman–Crippen LogP) is 2.16. The van der Waals surface area contributed by atoms with Gasteiger partial charge in [-0.05, 0) is 24.3 Å². The standard InChI is InChI=1S/C10H8ClFN2O/c11-7-3-8(12)5-10(4-7)14-2-1-9(6-15)13-14/h1-5,15H,6H2. The molecule has 1 N–H and O–H groups in total. The third-order valence-electron chi connectivity index (χ3n) is 1.92. The van der Waals surface area contributed by atoms with Crippen molar-refractivity contribution in [2.45, 2.75) is 6.61 Å². The summed E-state index contributed by atoms with van der Waals surface area (Å²) in [6.45, 7) is -0.143. The number of nitrogens with zero attached hydrogens (tertiary/aromatic N) is 2. The average Bonchev–Trinajstić information content (AvgIpc) is 2.64. The second kappa shape index (κ2) is 4.00. The van der Waals surface area contributed by atoms with Crippen molar-refractivity contribution in [3.05, 3.63) is 47.0 Å². The van der Waals surface area contributed by atoms with Gasteiger partial charge in [-0.2, -0.15) is 5.10 Å². The Bertz CT molecular complexity index is 464. The van der Waals surface area contributed by atoms with Crippen molar-refractivity contribution in [1.82, 2.24) is 9.78 Å². The Balaban J connectivity index is 2.44. The summed E-state index contributed by atoms with van der Waals surface area (Å²) in [6, 6.07) is 5.79. The van der Waals surface area contributed by atoms with Crippen LogP contribution in [-0.2, 0) is 6.61 Å². The minimum absolute atomic E-state index is 0.143. The lowest BCUT2D eigenvalue weighted by Gasteiger charge is -2.02. The Morgan fingerprint density at radius 1 is 1.40 bits per heavy atom. The molecule has 0 fully saturated rings. The SMILES string of the molecule is OCc1ccn(-c2cc(F)cc(Cl)c2)n1. The third kappa shape index (κ3) is 2.16. The molecule has 2 aromatic rings. The van der Waals surface area contributed by atoms with Gasteiger partial charge in [0.15, 0.2) is 0 Å². The molecule has 15 heavy (non-hydrogen) atoms. The van der Waals surface area contributed by atoms with Crippen LogP contribution in [0.1, 0.15) is 5.69 Å². The Kier molecular flexibility index (Phi) is 2.70. The maximum atomic E-state index is 13.0. The monoisotopic (exact) mass is 226 g/mol. The normalized spacial score (nSPS) is 10.6. The van der Waals surface area contributed by atoms with Crippen molar-refractivity contribution in [2.75, 3.05) is 0 Å². The van der Waals surface area contributed by atoms with Crippen LogP contribution in [0.25, 0.3) is 5.69 Å². The molecule has 0 atom stereocenters. The number of aliphatic hydroxyl groups is 1. The summed E-state index contributed by atoms with van der Waals surface area (Å²) < 4.78 is 14.5. The summed E-state index contributed by atoms with van der Waals surface area (Å²) in [5.41, 5.74) is 1.05. The second-order valence-corrected chi connectivity index (χ2v) is 3.47. The van der Waals surface area contributed by atoms with Gasteiger partial charge in [-0.25, -0.2) is 9.07 Å². The van der Waals surface area contributed by atoms with Crippen LogP contribution in [0.4, 0.5) is 4.39 Å². The molecule has 0 unspecified atom stereocenters. The van der Waals surface area contributed by atoms with E-state index in [9.17, 15) is 4.39 Å². The molecule has 0 aliphatic rings. The van der Waals surface area contributed by atoms with Gasteiger partial charge in [0.25, 0.3) is 0 Å². The summed E-state index contributed by atoms with van der Waals surface area (Å²) in [5.74, 6) is -0.418. The molecule has 0 radical (unpaired) electrons. The molecule has 0 saturated carbocycles. The van der Waals surface area contributed by atoms with Gasteiger partial charge in [0.1, 0.15) is 5.82 Å². The summed E-state index contributed by atoms with van der Waals surface area (Å²) >= 11 is 5.71. The fourth-order valence-corrected chi connectivity index (χ4v) is 1.48. The van der Waals surface area contributed by atoms with Gasteiger partial charge in [-0.15, -0.1) is 0 Å². The summed E-state index contributed by atoms with van der Waals surface area (Å²) in [6.07, 6.45) is 1.64. The van der Waals surface area contributed by atoms with E-state index >= 15 is 0 Å². The minimum Gasteiger partial charge on any atom is -0.390 e. The van der Waals surface area contributed by atoms with E-state index in [-0.39, 0.29) is 6.61 Å². The number of aromatic nitrogens is 2. The molecule has 78 valence electrons. The van der Waals surface area contributed by atoms with E-state index in [0.29, 0.717) is 16.4 Å². The van der Waals surface area contributed by atoms with Gasteiger partial charge >= 0.3 is 0 Å². The van der Waals surface area contributed by atoms with E-state index in [1.54, 1.807) is 18.3 Å². The van der Waals surface area contributed by atoms with Crippen molar-refractivity contribution >= 4 is 11.6 Å². The number of benzene rings is 1. The van der Waals surface area contributed by atoms with E-state index in [0.717, 1.165) is 0 Å². The molecule has 2 rings (SSSR count). The van der Waals surface area contributed by atoms with Crippen LogP contribution in [0.3, 0.4) is 0 Å². The lowest BCUT2D eigenvalue weighted by atomic mass is 10.3. The van der Waals surface area contributed by atoms with Crippen molar-refractivity contribution in [1.29, 1.82) is 0 Å². The molecule has 3 nitrogen and oxygen atoms in total. The lowest BCUT2D eigenvalue weighted by molar-refractivity contribution is 0.276. The van der Waals surface area contributed by atoms with Crippen molar-refractivity contribution in [2.24, 2.45) is 0 Å². The van der Waals surface area contributed by atoms with Crippen molar-refractivity contribution in [3.63, 3.8) is 0 Å². The number of hydrogen-bond acceptors (Lipinski definition) is 2. The molecule has 0 saturated heterocycles. The van der Waals surface area contributed by atoms with E-state index in [1.165, 1.54) is 16.8 Å². The van der Waals surface area contributed by atoms with Crippen LogP contribution >= 0.6 is 11.6 Å². The Morgan fingerprint density at radius 2 is 2.20 bits per heavy atom. The smallest absolute Gasteiger partial charge is 0.126 e. The third-order valence-corrected chi connectivity index (χ3v) is 2.14. The van der Waals surface area contributed by atoms with Gasteiger partial charge < -0.3 is 5.11 Å². The van der Waals surface area contributed by atoms with Gasteiger partial charge in [-0.3, -0.25) is 0 Å². The molecule has 0 aliphatic carbocycles. The van der Waals surface area contributed by atoms with E-state index < -0.39 is 5.82 Å². The lowest BCUT2D eigenvalue weighted by Crippen LogP contribution is -1.97. The van der Waals surface area contributed by atoms with E-state index in [4.69, 9.17) is 16.7 Å². The Morgan fingerprint density at radius 3 is 2.80 bits per heavy atom. The number of hydrogen-bond donors (Lipinski definition) is 1. The maximum absolute atomic E-state index is 13.0. The molecule has 1 aromatic carbocycles. The topological polar surface area (TPSA) is 38.0 Å². The first-order valence-electron chi connectivity index (χ1n) is 4.31. The molecule has 0 bridgehead atoms. The van der Waals surface area contributed by atoms with Crippen LogP contribution < -0.4 is 0 Å². The van der Waals surface area contributed by atoms with Gasteiger partial charge in [0.2, 0.25) is 0 Å². The highest BCUT2D eigenvalue weighted by atomic mass is 35.5. The quantitative estimate of drug-likeness (QED) is 0.852. The summed E-state index contributed by atoms with van der Waals surface area (Å²) in [7, 11) is 0. The molecule has 0 spiro atoms. The van der Waals surface area contributed by atoms with E-state index in [1.807, 2.05) is 0 Å². The zero-order valence-corrected chi connectivity index (χ0v) is 8.45. The summed E-state index contributed by atoms with van der Waals surface area (Å²) in [4.78, 5) is 0. The second-order valence-electron chi connectivity index (χ2n) is 3.04. The highest BCUT2D eigenvalue weighted by Gasteiger charge is 2.03. The van der Waals surface area contributed by atoms with Crippen LogP contribution in [0.2, 0.25) is 5.02 Å². The Hall–Kier alpha value is -1.39.